The van der Waals surface area contributed by atoms with Crippen molar-refractivity contribution in [2.75, 3.05) is 6.79 Å². The smallest absolute Gasteiger partial charge is 0.243 e. The van der Waals surface area contributed by atoms with Gasteiger partial charge in [0.1, 0.15) is 11.9 Å². The molecule has 1 atom stereocenters. The molecule has 7 heteroatoms. The van der Waals surface area contributed by atoms with Gasteiger partial charge in [0.05, 0.1) is 0 Å². The van der Waals surface area contributed by atoms with E-state index in [9.17, 15) is 14.0 Å². The highest BCUT2D eigenvalue weighted by atomic mass is 19.1. The Morgan fingerprint density at radius 3 is 2.85 bits per heavy atom. The summed E-state index contributed by atoms with van der Waals surface area (Å²) in [6.07, 6.45) is 0.773. The zero-order valence-electron chi connectivity index (χ0n) is 14.6. The molecule has 1 saturated heterocycles. The quantitative estimate of drug-likeness (QED) is 0.877. The summed E-state index contributed by atoms with van der Waals surface area (Å²) in [5.41, 5.74) is 1.28. The number of fused-ring (bicyclic) bond motifs is 1. The number of rotatable bonds is 5. The standard InChI is InChI=1S/C20H19FN2O4/c21-15-4-2-1-3-14(15)10-22-20(25)16-6-8-19(24)23(16)11-13-5-7-17-18(9-13)27-12-26-17/h1-5,7,9,16H,6,8,10-12H2,(H,22,25). The molecule has 2 aromatic carbocycles. The predicted octanol–water partition coefficient (Wildman–Crippen LogP) is 2.36. The molecule has 140 valence electrons. The molecule has 2 aliphatic rings. The van der Waals surface area contributed by atoms with Crippen LogP contribution in [0.5, 0.6) is 11.5 Å². The van der Waals surface area contributed by atoms with Crippen LogP contribution in [0, 0.1) is 5.82 Å². The van der Waals surface area contributed by atoms with Crippen LogP contribution in [0.25, 0.3) is 0 Å². The number of hydrogen-bond acceptors (Lipinski definition) is 4. The molecule has 2 amide bonds. The van der Waals surface area contributed by atoms with Gasteiger partial charge in [-0.2, -0.15) is 0 Å². The number of nitrogens with zero attached hydrogens (tertiary/aromatic N) is 1. The van der Waals surface area contributed by atoms with Crippen molar-refractivity contribution in [3.05, 3.63) is 59.4 Å². The average molecular weight is 370 g/mol. The van der Waals surface area contributed by atoms with E-state index in [1.54, 1.807) is 29.2 Å². The Balaban J connectivity index is 1.43. The third-order valence-corrected chi connectivity index (χ3v) is 4.83. The molecule has 1 unspecified atom stereocenters. The fourth-order valence-corrected chi connectivity index (χ4v) is 3.38. The van der Waals surface area contributed by atoms with E-state index >= 15 is 0 Å². The van der Waals surface area contributed by atoms with Crippen LogP contribution in [-0.2, 0) is 22.7 Å². The van der Waals surface area contributed by atoms with Crippen molar-refractivity contribution in [3.63, 3.8) is 0 Å². The highest BCUT2D eigenvalue weighted by Gasteiger charge is 2.36. The number of carbonyl (C=O) groups is 2. The molecule has 2 aromatic rings. The first-order valence-corrected chi connectivity index (χ1v) is 8.81. The zero-order chi connectivity index (χ0) is 18.8. The molecule has 0 saturated carbocycles. The second-order valence-electron chi connectivity index (χ2n) is 6.57. The molecular weight excluding hydrogens is 351 g/mol. The van der Waals surface area contributed by atoms with Gasteiger partial charge in [-0.1, -0.05) is 24.3 Å². The van der Waals surface area contributed by atoms with Crippen molar-refractivity contribution in [2.45, 2.75) is 32.0 Å². The van der Waals surface area contributed by atoms with Crippen molar-refractivity contribution < 1.29 is 23.5 Å². The summed E-state index contributed by atoms with van der Waals surface area (Å²) >= 11 is 0. The number of benzene rings is 2. The Hall–Kier alpha value is -3.09. The summed E-state index contributed by atoms with van der Waals surface area (Å²) in [4.78, 5) is 26.4. The normalized spacial score (nSPS) is 18.0. The van der Waals surface area contributed by atoms with Gasteiger partial charge in [0.25, 0.3) is 0 Å². The van der Waals surface area contributed by atoms with Crippen LogP contribution in [0.1, 0.15) is 24.0 Å². The molecule has 0 spiro atoms. The van der Waals surface area contributed by atoms with Gasteiger partial charge in [-0.05, 0) is 30.2 Å². The van der Waals surface area contributed by atoms with Gasteiger partial charge in [0, 0.05) is 25.1 Å². The van der Waals surface area contributed by atoms with Gasteiger partial charge in [-0.25, -0.2) is 4.39 Å². The lowest BCUT2D eigenvalue weighted by Gasteiger charge is -2.24. The number of nitrogens with one attached hydrogen (secondary N) is 1. The SMILES string of the molecule is O=C(NCc1ccccc1F)C1CCC(=O)N1Cc1ccc2c(c1)OCO2. The van der Waals surface area contributed by atoms with E-state index in [0.717, 1.165) is 5.56 Å². The number of ether oxygens (including phenoxy) is 2. The van der Waals surface area contributed by atoms with Gasteiger partial charge >= 0.3 is 0 Å². The van der Waals surface area contributed by atoms with E-state index < -0.39 is 6.04 Å². The van der Waals surface area contributed by atoms with Crippen molar-refractivity contribution in [2.24, 2.45) is 0 Å². The third kappa shape index (κ3) is 3.58. The van der Waals surface area contributed by atoms with Crippen molar-refractivity contribution in [1.82, 2.24) is 10.2 Å². The third-order valence-electron chi connectivity index (χ3n) is 4.83. The topological polar surface area (TPSA) is 67.9 Å². The number of likely N-dealkylation sites (tertiary alicyclic amines) is 1. The van der Waals surface area contributed by atoms with Gasteiger partial charge in [0.15, 0.2) is 11.5 Å². The predicted molar refractivity (Wildman–Crippen MR) is 94.4 cm³/mol. The molecule has 6 nitrogen and oxygen atoms in total. The summed E-state index contributed by atoms with van der Waals surface area (Å²) in [6.45, 7) is 0.587. The van der Waals surface area contributed by atoms with Crippen LogP contribution < -0.4 is 14.8 Å². The van der Waals surface area contributed by atoms with Crippen LogP contribution in [0.4, 0.5) is 4.39 Å². The lowest BCUT2D eigenvalue weighted by atomic mass is 10.1. The summed E-state index contributed by atoms with van der Waals surface area (Å²) < 4.78 is 24.4. The number of amides is 2. The largest absolute Gasteiger partial charge is 0.454 e. The van der Waals surface area contributed by atoms with Crippen molar-refractivity contribution in [3.8, 4) is 11.5 Å². The Morgan fingerprint density at radius 2 is 2.00 bits per heavy atom. The summed E-state index contributed by atoms with van der Waals surface area (Å²) in [5, 5.41) is 2.74. The summed E-state index contributed by atoms with van der Waals surface area (Å²) in [6, 6.07) is 11.2. The van der Waals surface area contributed by atoms with Gasteiger partial charge < -0.3 is 19.7 Å². The Morgan fingerprint density at radius 1 is 1.19 bits per heavy atom. The van der Waals surface area contributed by atoms with Crippen molar-refractivity contribution in [1.29, 1.82) is 0 Å². The molecule has 0 bridgehead atoms. The molecule has 27 heavy (non-hydrogen) atoms. The van der Waals surface area contributed by atoms with Crippen LogP contribution in [-0.4, -0.2) is 29.5 Å². The van der Waals surface area contributed by atoms with E-state index in [-0.39, 0.29) is 31.0 Å². The van der Waals surface area contributed by atoms with Gasteiger partial charge in [0.2, 0.25) is 18.6 Å². The monoisotopic (exact) mass is 370 g/mol. The van der Waals surface area contributed by atoms with E-state index in [0.29, 0.717) is 36.4 Å². The lowest BCUT2D eigenvalue weighted by Crippen LogP contribution is -2.44. The minimum absolute atomic E-state index is 0.0706. The van der Waals surface area contributed by atoms with Gasteiger partial charge in [-0.15, -0.1) is 0 Å². The zero-order valence-corrected chi connectivity index (χ0v) is 14.6. The first-order chi connectivity index (χ1) is 13.1. The molecule has 4 rings (SSSR count). The van der Waals surface area contributed by atoms with E-state index in [1.807, 2.05) is 12.1 Å². The van der Waals surface area contributed by atoms with E-state index in [2.05, 4.69) is 5.32 Å². The minimum atomic E-state index is -0.560. The molecule has 0 radical (unpaired) electrons. The van der Waals surface area contributed by atoms with Crippen LogP contribution in [0.15, 0.2) is 42.5 Å². The molecule has 0 aromatic heterocycles. The average Bonchev–Trinajstić information content (AvgIpc) is 3.28. The molecule has 1 N–H and O–H groups in total. The summed E-state index contributed by atoms with van der Waals surface area (Å²) in [7, 11) is 0. The summed E-state index contributed by atoms with van der Waals surface area (Å²) in [5.74, 6) is 0.603. The molecule has 1 fully saturated rings. The first-order valence-electron chi connectivity index (χ1n) is 8.81. The Labute approximate surface area is 155 Å². The Bertz CT molecular complexity index is 886. The van der Waals surface area contributed by atoms with Crippen LogP contribution >= 0.6 is 0 Å². The molecule has 2 aliphatic heterocycles. The Kier molecular flexibility index (Phi) is 4.66. The number of carbonyl (C=O) groups excluding carboxylic acids is 2. The maximum absolute atomic E-state index is 13.7. The fourth-order valence-electron chi connectivity index (χ4n) is 3.38. The van der Waals surface area contributed by atoms with Gasteiger partial charge in [-0.3, -0.25) is 9.59 Å². The highest BCUT2D eigenvalue weighted by molar-refractivity contribution is 5.90. The second-order valence-corrected chi connectivity index (χ2v) is 6.57. The molecule has 2 heterocycles. The van der Waals surface area contributed by atoms with Crippen LogP contribution in [0.3, 0.4) is 0 Å². The number of halogens is 1. The first kappa shape index (κ1) is 17.3. The molecular formula is C20H19FN2O4. The maximum Gasteiger partial charge on any atom is 0.243 e. The fraction of sp³-hybridized carbons (Fsp3) is 0.300. The minimum Gasteiger partial charge on any atom is -0.454 e. The lowest BCUT2D eigenvalue weighted by molar-refractivity contribution is -0.135. The maximum atomic E-state index is 13.7. The van der Waals surface area contributed by atoms with Crippen molar-refractivity contribution >= 4 is 11.8 Å². The van der Waals surface area contributed by atoms with E-state index in [4.69, 9.17) is 9.47 Å². The van der Waals surface area contributed by atoms with Crippen LogP contribution in [0.2, 0.25) is 0 Å². The second kappa shape index (κ2) is 7.26. The van der Waals surface area contributed by atoms with E-state index in [1.165, 1.54) is 6.07 Å². The number of hydrogen-bond donors (Lipinski definition) is 1. The highest BCUT2D eigenvalue weighted by Crippen LogP contribution is 2.33. The molecule has 0 aliphatic carbocycles.